The van der Waals surface area contributed by atoms with Crippen molar-refractivity contribution in [2.45, 2.75) is 25.6 Å². The highest BCUT2D eigenvalue weighted by atomic mass is 35.5. The van der Waals surface area contributed by atoms with E-state index in [0.29, 0.717) is 19.4 Å². The van der Waals surface area contributed by atoms with Gasteiger partial charge in [-0.1, -0.05) is 17.7 Å². The van der Waals surface area contributed by atoms with E-state index in [1.165, 1.54) is 15.3 Å². The molecule has 2 aliphatic rings. The lowest BCUT2D eigenvalue weighted by molar-refractivity contribution is -0.0175. The third-order valence-electron chi connectivity index (χ3n) is 5.00. The summed E-state index contributed by atoms with van der Waals surface area (Å²) in [5.74, 6) is 0.946. The average molecular weight is 404 g/mol. The molecular formula is C20H18ClNO2S2. The summed E-state index contributed by atoms with van der Waals surface area (Å²) in [6.45, 7) is 2.73. The lowest BCUT2D eigenvalue weighted by atomic mass is 9.97. The molecule has 6 heteroatoms. The Balaban J connectivity index is 1.53. The van der Waals surface area contributed by atoms with Crippen LogP contribution in [0, 0.1) is 0 Å². The van der Waals surface area contributed by atoms with Crippen molar-refractivity contribution in [3.63, 3.8) is 0 Å². The van der Waals surface area contributed by atoms with Crippen LogP contribution in [0.5, 0.6) is 5.75 Å². The predicted octanol–water partition coefficient (Wildman–Crippen LogP) is 5.48. The smallest absolute Gasteiger partial charge is 0.189 e. The van der Waals surface area contributed by atoms with E-state index in [0.717, 1.165) is 41.4 Å². The van der Waals surface area contributed by atoms with Gasteiger partial charge in [-0.05, 0) is 47.0 Å². The third-order valence-corrected chi connectivity index (χ3v) is 7.14. The molecular weight excluding hydrogens is 386 g/mol. The van der Waals surface area contributed by atoms with Crippen LogP contribution in [0.15, 0.2) is 41.1 Å². The number of halogens is 1. The van der Waals surface area contributed by atoms with Gasteiger partial charge in [0.2, 0.25) is 0 Å². The Morgan fingerprint density at radius 2 is 2.15 bits per heavy atom. The van der Waals surface area contributed by atoms with Gasteiger partial charge in [-0.25, -0.2) is 0 Å². The van der Waals surface area contributed by atoms with Crippen LogP contribution in [0.2, 0.25) is 5.02 Å². The van der Waals surface area contributed by atoms with Crippen LogP contribution in [0.1, 0.15) is 32.5 Å². The molecule has 0 N–H and O–H groups in total. The van der Waals surface area contributed by atoms with Crippen molar-refractivity contribution in [1.82, 2.24) is 4.90 Å². The highest BCUT2D eigenvalue weighted by molar-refractivity contribution is 7.10. The molecule has 1 atom stereocenters. The molecule has 4 heterocycles. The molecule has 5 rings (SSSR count). The summed E-state index contributed by atoms with van der Waals surface area (Å²) in [6.07, 6.45) is 1.10. The normalized spacial score (nSPS) is 19.7. The summed E-state index contributed by atoms with van der Waals surface area (Å²) in [6, 6.07) is 11.0. The second-order valence-corrected chi connectivity index (χ2v) is 9.02. The van der Waals surface area contributed by atoms with Gasteiger partial charge in [0.25, 0.3) is 0 Å². The topological polar surface area (TPSA) is 21.7 Å². The van der Waals surface area contributed by atoms with E-state index in [-0.39, 0.29) is 0 Å². The highest BCUT2D eigenvalue weighted by Crippen LogP contribution is 2.41. The molecule has 0 saturated carbocycles. The molecule has 2 aromatic heterocycles. The van der Waals surface area contributed by atoms with Crippen LogP contribution in [-0.2, 0) is 24.3 Å². The molecule has 0 bridgehead atoms. The van der Waals surface area contributed by atoms with Gasteiger partial charge in [-0.2, -0.15) is 0 Å². The molecule has 0 radical (unpaired) electrons. The van der Waals surface area contributed by atoms with Crippen LogP contribution in [-0.4, -0.2) is 18.2 Å². The molecule has 2 aliphatic heterocycles. The minimum absolute atomic E-state index is 0.305. The zero-order chi connectivity index (χ0) is 17.5. The molecule has 1 aromatic carbocycles. The van der Waals surface area contributed by atoms with Gasteiger partial charge in [-0.3, -0.25) is 4.90 Å². The Morgan fingerprint density at radius 1 is 1.19 bits per heavy atom. The summed E-state index contributed by atoms with van der Waals surface area (Å²) < 4.78 is 11.2. The zero-order valence-electron chi connectivity index (χ0n) is 14.1. The number of fused-ring (bicyclic) bond motifs is 2. The molecule has 0 fully saturated rings. The van der Waals surface area contributed by atoms with Gasteiger partial charge < -0.3 is 9.47 Å². The number of hydrogen-bond acceptors (Lipinski definition) is 5. The molecule has 134 valence electrons. The SMILES string of the molecule is Clc1cc2c(c(CN3CCc4sccc4C3c3cccs3)c1)OCOC2. The monoisotopic (exact) mass is 403 g/mol. The summed E-state index contributed by atoms with van der Waals surface area (Å²) in [4.78, 5) is 5.45. The number of hydrogen-bond donors (Lipinski definition) is 0. The maximum atomic E-state index is 6.37. The standard InChI is InChI=1S/C20H18ClNO2S2/c21-15-8-13(20-14(9-15)11-23-12-24-20)10-22-5-3-17-16(4-7-26-17)19(22)18-2-1-6-25-18/h1-2,4,6-9,19H,3,5,10-12H2. The van der Waals surface area contributed by atoms with Gasteiger partial charge in [0.1, 0.15) is 5.75 Å². The second kappa shape index (κ2) is 6.98. The largest absolute Gasteiger partial charge is 0.467 e. The molecule has 3 aromatic rings. The fourth-order valence-electron chi connectivity index (χ4n) is 3.91. The zero-order valence-corrected chi connectivity index (χ0v) is 16.5. The average Bonchev–Trinajstić information content (AvgIpc) is 3.33. The molecule has 26 heavy (non-hydrogen) atoms. The Labute approximate surface area is 165 Å². The molecule has 0 saturated heterocycles. The fourth-order valence-corrected chi connectivity index (χ4v) is 5.96. The Bertz CT molecular complexity index is 922. The van der Waals surface area contributed by atoms with Crippen LogP contribution < -0.4 is 4.74 Å². The van der Waals surface area contributed by atoms with Crippen molar-refractivity contribution < 1.29 is 9.47 Å². The van der Waals surface area contributed by atoms with Gasteiger partial charge in [0.15, 0.2) is 6.79 Å². The van der Waals surface area contributed by atoms with Crippen molar-refractivity contribution in [3.8, 4) is 5.75 Å². The summed E-state index contributed by atoms with van der Waals surface area (Å²) in [7, 11) is 0. The Morgan fingerprint density at radius 3 is 3.04 bits per heavy atom. The molecule has 1 unspecified atom stereocenters. The van der Waals surface area contributed by atoms with Gasteiger partial charge in [0, 0.05) is 39.0 Å². The van der Waals surface area contributed by atoms with Gasteiger partial charge in [-0.15, -0.1) is 22.7 Å². The van der Waals surface area contributed by atoms with E-state index >= 15 is 0 Å². The quantitative estimate of drug-likeness (QED) is 0.578. The van der Waals surface area contributed by atoms with Crippen LogP contribution >= 0.6 is 34.3 Å². The lowest BCUT2D eigenvalue weighted by Crippen LogP contribution is -2.34. The minimum Gasteiger partial charge on any atom is -0.467 e. The molecule has 0 aliphatic carbocycles. The van der Waals surface area contributed by atoms with Crippen molar-refractivity contribution in [1.29, 1.82) is 0 Å². The maximum absolute atomic E-state index is 6.37. The number of rotatable bonds is 3. The van der Waals surface area contributed by atoms with Crippen molar-refractivity contribution in [2.24, 2.45) is 0 Å². The van der Waals surface area contributed by atoms with Crippen LogP contribution in [0.4, 0.5) is 0 Å². The molecule has 0 spiro atoms. The van der Waals surface area contributed by atoms with E-state index in [4.69, 9.17) is 21.1 Å². The van der Waals surface area contributed by atoms with E-state index in [9.17, 15) is 0 Å². The predicted molar refractivity (Wildman–Crippen MR) is 106 cm³/mol. The fraction of sp³-hybridized carbons (Fsp3) is 0.300. The van der Waals surface area contributed by atoms with Crippen LogP contribution in [0.3, 0.4) is 0 Å². The van der Waals surface area contributed by atoms with Gasteiger partial charge >= 0.3 is 0 Å². The van der Waals surface area contributed by atoms with Crippen LogP contribution in [0.25, 0.3) is 0 Å². The lowest BCUT2D eigenvalue weighted by Gasteiger charge is -2.36. The summed E-state index contributed by atoms with van der Waals surface area (Å²) >= 11 is 10.1. The van der Waals surface area contributed by atoms with Gasteiger partial charge in [0.05, 0.1) is 12.6 Å². The van der Waals surface area contributed by atoms with E-state index < -0.39 is 0 Å². The van der Waals surface area contributed by atoms with E-state index in [2.05, 4.69) is 33.9 Å². The first-order valence-corrected chi connectivity index (χ1v) is 10.8. The first-order chi connectivity index (χ1) is 12.8. The number of thiophene rings is 2. The molecule has 3 nitrogen and oxygen atoms in total. The second-order valence-electron chi connectivity index (χ2n) is 6.60. The number of nitrogens with zero attached hydrogens (tertiary/aromatic N) is 1. The number of ether oxygens (including phenoxy) is 2. The highest BCUT2D eigenvalue weighted by Gasteiger charge is 2.31. The first kappa shape index (κ1) is 16.8. The maximum Gasteiger partial charge on any atom is 0.189 e. The summed E-state index contributed by atoms with van der Waals surface area (Å²) in [5.41, 5.74) is 3.64. The van der Waals surface area contributed by atoms with E-state index in [1.54, 1.807) is 0 Å². The van der Waals surface area contributed by atoms with Crippen molar-refractivity contribution >= 4 is 34.3 Å². The van der Waals surface area contributed by atoms with Crippen molar-refractivity contribution in [3.05, 3.63) is 72.6 Å². The minimum atomic E-state index is 0.305. The molecule has 0 amide bonds. The Kier molecular flexibility index (Phi) is 4.51. The first-order valence-electron chi connectivity index (χ1n) is 8.65. The van der Waals surface area contributed by atoms with E-state index in [1.807, 2.05) is 34.8 Å². The van der Waals surface area contributed by atoms with Crippen molar-refractivity contribution in [2.75, 3.05) is 13.3 Å². The Hall–Kier alpha value is -1.37. The third kappa shape index (κ3) is 2.98. The number of benzene rings is 1. The summed E-state index contributed by atoms with van der Waals surface area (Å²) in [5, 5.41) is 5.13.